The standard InChI is InChI=1S/C23H28N2O5/c1-15-11-20(17(3)25(15)16(2)13-29-4)21(26)14-30-23(28)18-7-5-8-19(12-18)24-10-6-9-22(24)27/h5,7-8,11-12,16H,6,9-10,13-14H2,1-4H3/t16-/m0/s1. The minimum Gasteiger partial charge on any atom is -0.454 e. The third-order valence-corrected chi connectivity index (χ3v) is 5.43. The molecule has 1 aromatic carbocycles. The number of amides is 1. The summed E-state index contributed by atoms with van der Waals surface area (Å²) in [5.74, 6) is -0.787. The van der Waals surface area contributed by atoms with E-state index in [1.807, 2.05) is 26.8 Å². The number of Topliss-reactive ketones (excluding diaryl/α,β-unsaturated/α-hetero) is 1. The summed E-state index contributed by atoms with van der Waals surface area (Å²) in [6.45, 7) is 6.68. The molecule has 1 fully saturated rings. The van der Waals surface area contributed by atoms with Crippen molar-refractivity contribution < 1.29 is 23.9 Å². The minimum atomic E-state index is -0.585. The Hall–Kier alpha value is -2.93. The third kappa shape index (κ3) is 4.46. The molecule has 0 spiro atoms. The van der Waals surface area contributed by atoms with Crippen molar-refractivity contribution in [3.05, 3.63) is 52.8 Å². The summed E-state index contributed by atoms with van der Waals surface area (Å²) in [5, 5.41) is 0. The lowest BCUT2D eigenvalue weighted by molar-refractivity contribution is -0.117. The Labute approximate surface area is 176 Å². The molecule has 0 saturated carbocycles. The Kier molecular flexibility index (Phi) is 6.72. The molecule has 1 aromatic heterocycles. The predicted molar refractivity (Wildman–Crippen MR) is 113 cm³/mol. The lowest BCUT2D eigenvalue weighted by Gasteiger charge is -2.17. The molecule has 7 nitrogen and oxygen atoms in total. The van der Waals surface area contributed by atoms with Gasteiger partial charge in [-0.25, -0.2) is 4.79 Å². The predicted octanol–water partition coefficient (Wildman–Crippen LogP) is 3.48. The first-order valence-corrected chi connectivity index (χ1v) is 10.1. The Bertz CT molecular complexity index is 962. The van der Waals surface area contributed by atoms with Crippen molar-refractivity contribution in [2.45, 2.75) is 39.7 Å². The van der Waals surface area contributed by atoms with Crippen LogP contribution in [0.25, 0.3) is 0 Å². The number of rotatable bonds is 8. The molecule has 1 amide bonds. The third-order valence-electron chi connectivity index (χ3n) is 5.43. The van der Waals surface area contributed by atoms with Crippen LogP contribution in [0.15, 0.2) is 30.3 Å². The summed E-state index contributed by atoms with van der Waals surface area (Å²) in [4.78, 5) is 38.8. The molecule has 0 aliphatic carbocycles. The number of nitrogens with zero attached hydrogens (tertiary/aromatic N) is 2. The first kappa shape index (κ1) is 21.8. The molecule has 1 atom stereocenters. The van der Waals surface area contributed by atoms with E-state index < -0.39 is 5.97 Å². The van der Waals surface area contributed by atoms with Gasteiger partial charge in [-0.05, 0) is 51.5 Å². The van der Waals surface area contributed by atoms with Crippen molar-refractivity contribution in [3.8, 4) is 0 Å². The molecule has 0 radical (unpaired) electrons. The minimum absolute atomic E-state index is 0.0498. The first-order valence-electron chi connectivity index (χ1n) is 10.1. The maximum Gasteiger partial charge on any atom is 0.338 e. The smallest absolute Gasteiger partial charge is 0.338 e. The van der Waals surface area contributed by atoms with Crippen LogP contribution in [0.2, 0.25) is 0 Å². The molecule has 0 unspecified atom stereocenters. The summed E-state index contributed by atoms with van der Waals surface area (Å²) < 4.78 is 12.5. The number of methoxy groups -OCH3 is 1. The lowest BCUT2D eigenvalue weighted by Crippen LogP contribution is -2.24. The Morgan fingerprint density at radius 3 is 2.63 bits per heavy atom. The van der Waals surface area contributed by atoms with E-state index in [1.54, 1.807) is 36.3 Å². The Morgan fingerprint density at radius 2 is 1.97 bits per heavy atom. The van der Waals surface area contributed by atoms with Gasteiger partial charge in [-0.15, -0.1) is 0 Å². The topological polar surface area (TPSA) is 77.8 Å². The van der Waals surface area contributed by atoms with Crippen molar-refractivity contribution in [3.63, 3.8) is 0 Å². The number of aryl methyl sites for hydroxylation is 1. The number of carbonyl (C=O) groups excluding carboxylic acids is 3. The van der Waals surface area contributed by atoms with Gasteiger partial charge in [0.25, 0.3) is 0 Å². The second-order valence-corrected chi connectivity index (χ2v) is 7.66. The fraction of sp³-hybridized carbons (Fsp3) is 0.435. The molecule has 2 aromatic rings. The van der Waals surface area contributed by atoms with Crippen LogP contribution in [0.4, 0.5) is 5.69 Å². The number of hydrogen-bond donors (Lipinski definition) is 0. The van der Waals surface area contributed by atoms with Gasteiger partial charge in [-0.1, -0.05) is 6.07 Å². The fourth-order valence-electron chi connectivity index (χ4n) is 4.07. The SMILES string of the molecule is COC[C@H](C)n1c(C)cc(C(=O)COC(=O)c2cccc(N3CCCC3=O)c2)c1C. The zero-order chi connectivity index (χ0) is 21.8. The maximum atomic E-state index is 12.7. The van der Waals surface area contributed by atoms with Gasteiger partial charge < -0.3 is 18.9 Å². The van der Waals surface area contributed by atoms with E-state index in [2.05, 4.69) is 4.57 Å². The molecule has 1 saturated heterocycles. The number of ketones is 1. The van der Waals surface area contributed by atoms with E-state index in [4.69, 9.17) is 9.47 Å². The lowest BCUT2D eigenvalue weighted by atomic mass is 10.1. The van der Waals surface area contributed by atoms with E-state index in [9.17, 15) is 14.4 Å². The Morgan fingerprint density at radius 1 is 1.20 bits per heavy atom. The van der Waals surface area contributed by atoms with Crippen LogP contribution < -0.4 is 4.90 Å². The van der Waals surface area contributed by atoms with E-state index in [0.29, 0.717) is 36.4 Å². The first-order chi connectivity index (χ1) is 14.3. The normalized spacial score (nSPS) is 14.8. The van der Waals surface area contributed by atoms with Crippen LogP contribution in [0.1, 0.15) is 57.9 Å². The summed E-state index contributed by atoms with van der Waals surface area (Å²) in [6.07, 6.45) is 1.33. The molecule has 3 rings (SSSR count). The van der Waals surface area contributed by atoms with Gasteiger partial charge in [0, 0.05) is 42.7 Å². The summed E-state index contributed by atoms with van der Waals surface area (Å²) in [7, 11) is 1.64. The molecular weight excluding hydrogens is 384 g/mol. The number of esters is 1. The second-order valence-electron chi connectivity index (χ2n) is 7.66. The van der Waals surface area contributed by atoms with Crippen LogP contribution in [-0.2, 0) is 14.3 Å². The van der Waals surface area contributed by atoms with Gasteiger partial charge in [-0.3, -0.25) is 9.59 Å². The molecule has 7 heteroatoms. The van der Waals surface area contributed by atoms with Gasteiger partial charge in [0.15, 0.2) is 6.61 Å². The maximum absolute atomic E-state index is 12.7. The summed E-state index contributed by atoms with van der Waals surface area (Å²) >= 11 is 0. The highest BCUT2D eigenvalue weighted by Gasteiger charge is 2.23. The molecule has 1 aliphatic heterocycles. The van der Waals surface area contributed by atoms with Crippen LogP contribution >= 0.6 is 0 Å². The number of ether oxygens (including phenoxy) is 2. The quantitative estimate of drug-likeness (QED) is 0.490. The molecule has 1 aliphatic rings. The van der Waals surface area contributed by atoms with Gasteiger partial charge in [0.2, 0.25) is 11.7 Å². The van der Waals surface area contributed by atoms with Crippen LogP contribution in [0.5, 0.6) is 0 Å². The largest absolute Gasteiger partial charge is 0.454 e. The molecule has 0 bridgehead atoms. The molecular formula is C23H28N2O5. The van der Waals surface area contributed by atoms with Gasteiger partial charge in [0.05, 0.1) is 18.2 Å². The average Bonchev–Trinajstić information content (AvgIpc) is 3.28. The van der Waals surface area contributed by atoms with E-state index in [-0.39, 0.29) is 24.3 Å². The fourth-order valence-corrected chi connectivity index (χ4v) is 4.07. The van der Waals surface area contributed by atoms with Crippen molar-refractivity contribution in [1.82, 2.24) is 4.57 Å². The highest BCUT2D eigenvalue weighted by Crippen LogP contribution is 2.23. The second kappa shape index (κ2) is 9.26. The van der Waals surface area contributed by atoms with E-state index in [0.717, 1.165) is 17.8 Å². The monoisotopic (exact) mass is 412 g/mol. The van der Waals surface area contributed by atoms with E-state index >= 15 is 0 Å². The van der Waals surface area contributed by atoms with Crippen molar-refractivity contribution >= 4 is 23.3 Å². The zero-order valence-electron chi connectivity index (χ0n) is 17.9. The van der Waals surface area contributed by atoms with E-state index in [1.165, 1.54) is 0 Å². The molecule has 160 valence electrons. The Balaban J connectivity index is 1.67. The highest BCUT2D eigenvalue weighted by molar-refractivity contribution is 6.01. The molecule has 0 N–H and O–H groups in total. The zero-order valence-corrected chi connectivity index (χ0v) is 17.9. The number of hydrogen-bond acceptors (Lipinski definition) is 5. The van der Waals surface area contributed by atoms with Crippen LogP contribution in [-0.4, -0.2) is 49.1 Å². The highest BCUT2D eigenvalue weighted by atomic mass is 16.5. The molecule has 2 heterocycles. The number of aromatic nitrogens is 1. The van der Waals surface area contributed by atoms with Gasteiger partial charge >= 0.3 is 5.97 Å². The summed E-state index contributed by atoms with van der Waals surface area (Å²) in [5.41, 5.74) is 3.31. The number of anilines is 1. The number of carbonyl (C=O) groups is 3. The van der Waals surface area contributed by atoms with Gasteiger partial charge in [0.1, 0.15) is 0 Å². The molecule has 30 heavy (non-hydrogen) atoms. The van der Waals surface area contributed by atoms with Crippen LogP contribution in [0.3, 0.4) is 0 Å². The number of benzene rings is 1. The van der Waals surface area contributed by atoms with Crippen molar-refractivity contribution in [2.24, 2.45) is 0 Å². The van der Waals surface area contributed by atoms with Crippen molar-refractivity contribution in [1.29, 1.82) is 0 Å². The average molecular weight is 412 g/mol. The van der Waals surface area contributed by atoms with Crippen LogP contribution in [0, 0.1) is 13.8 Å². The summed E-state index contributed by atoms with van der Waals surface area (Å²) in [6, 6.07) is 8.67. The van der Waals surface area contributed by atoms with Crippen molar-refractivity contribution in [2.75, 3.05) is 31.8 Å². The van der Waals surface area contributed by atoms with Gasteiger partial charge in [-0.2, -0.15) is 0 Å².